The number of para-hydroxylation sites is 1. The molecule has 0 radical (unpaired) electrons. The van der Waals surface area contributed by atoms with Gasteiger partial charge in [-0.3, -0.25) is 4.68 Å². The highest BCUT2D eigenvalue weighted by atomic mass is 32.2. The van der Waals surface area contributed by atoms with Gasteiger partial charge in [0.05, 0.1) is 15.9 Å². The fraction of sp³-hybridized carbons (Fsp3) is 0.211. The van der Waals surface area contributed by atoms with Crippen molar-refractivity contribution in [3.8, 4) is 0 Å². The summed E-state index contributed by atoms with van der Waals surface area (Å²) < 4.78 is 28.0. The molecule has 2 aromatic heterocycles. The largest absolute Gasteiger partial charge is 0.252 e. The van der Waals surface area contributed by atoms with Gasteiger partial charge in [0.25, 0.3) is 0 Å². The summed E-state index contributed by atoms with van der Waals surface area (Å²) >= 11 is 1.19. The average Bonchev–Trinajstić information content (AvgIpc) is 3.29. The van der Waals surface area contributed by atoms with Crippen LogP contribution >= 0.6 is 11.3 Å². The molecule has 0 aliphatic rings. The first kappa shape index (κ1) is 17.8. The van der Waals surface area contributed by atoms with Crippen LogP contribution in [0.2, 0.25) is 0 Å². The molecule has 0 spiro atoms. The fourth-order valence-corrected chi connectivity index (χ4v) is 5.38. The molecule has 4 rings (SSSR count). The van der Waals surface area contributed by atoms with E-state index in [9.17, 15) is 8.42 Å². The van der Waals surface area contributed by atoms with Gasteiger partial charge < -0.3 is 0 Å². The van der Waals surface area contributed by atoms with Crippen molar-refractivity contribution in [2.45, 2.75) is 29.5 Å². The quantitative estimate of drug-likeness (QED) is 0.476. The molecule has 0 atom stereocenters. The Morgan fingerprint density at radius 2 is 1.78 bits per heavy atom. The van der Waals surface area contributed by atoms with E-state index in [1.54, 1.807) is 10.9 Å². The van der Waals surface area contributed by atoms with Crippen LogP contribution in [-0.2, 0) is 28.6 Å². The maximum absolute atomic E-state index is 12.7. The Morgan fingerprint density at radius 3 is 2.59 bits per heavy atom. The molecule has 27 heavy (non-hydrogen) atoms. The van der Waals surface area contributed by atoms with Crippen LogP contribution in [0, 0.1) is 0 Å². The van der Waals surface area contributed by atoms with E-state index in [1.165, 1.54) is 16.9 Å². The molecule has 0 aliphatic heterocycles. The van der Waals surface area contributed by atoms with E-state index in [0.717, 1.165) is 17.5 Å². The van der Waals surface area contributed by atoms with E-state index in [-0.39, 0.29) is 10.1 Å². The molecule has 2 aromatic carbocycles. The molecular formula is C19H18N4O2S2. The van der Waals surface area contributed by atoms with Gasteiger partial charge >= 0.3 is 0 Å². The van der Waals surface area contributed by atoms with Gasteiger partial charge in [0.2, 0.25) is 14.2 Å². The van der Waals surface area contributed by atoms with Gasteiger partial charge in [0.15, 0.2) is 0 Å². The number of hydrogen-bond acceptors (Lipinski definition) is 6. The van der Waals surface area contributed by atoms with Crippen molar-refractivity contribution in [2.75, 3.05) is 0 Å². The summed E-state index contributed by atoms with van der Waals surface area (Å²) in [6, 6.07) is 17.6. The lowest BCUT2D eigenvalue weighted by molar-refractivity contribution is 0.558. The van der Waals surface area contributed by atoms with Crippen molar-refractivity contribution in [3.05, 3.63) is 72.1 Å². The molecule has 0 saturated carbocycles. The lowest BCUT2D eigenvalue weighted by atomic mass is 10.1. The molecule has 8 heteroatoms. The topological polar surface area (TPSA) is 77.7 Å². The lowest BCUT2D eigenvalue weighted by Crippen LogP contribution is -2.05. The second kappa shape index (κ2) is 7.58. The van der Waals surface area contributed by atoms with E-state index < -0.39 is 9.84 Å². The molecule has 0 fully saturated rings. The molecule has 6 nitrogen and oxygen atoms in total. The van der Waals surface area contributed by atoms with Crippen molar-refractivity contribution in [3.63, 3.8) is 0 Å². The Bertz CT molecular complexity index is 1120. The fourth-order valence-electron chi connectivity index (χ4n) is 2.84. The van der Waals surface area contributed by atoms with Crippen LogP contribution < -0.4 is 0 Å². The number of sulfone groups is 1. The Labute approximate surface area is 161 Å². The van der Waals surface area contributed by atoms with Crippen molar-refractivity contribution in [1.82, 2.24) is 20.0 Å². The van der Waals surface area contributed by atoms with E-state index in [0.29, 0.717) is 17.8 Å². The number of hydrogen-bond donors (Lipinski definition) is 0. The Hall–Kier alpha value is -2.58. The van der Waals surface area contributed by atoms with Crippen molar-refractivity contribution < 1.29 is 8.42 Å². The summed E-state index contributed by atoms with van der Waals surface area (Å²) in [5.74, 6) is -0.189. The van der Waals surface area contributed by atoms with Crippen LogP contribution in [-0.4, -0.2) is 28.4 Å². The van der Waals surface area contributed by atoms with Gasteiger partial charge in [-0.1, -0.05) is 47.7 Å². The molecule has 2 heterocycles. The summed E-state index contributed by atoms with van der Waals surface area (Å²) in [5, 5.41) is 8.07. The molecule has 138 valence electrons. The third kappa shape index (κ3) is 4.23. The standard InChI is InChI=1S/C19H18N4O2S2/c24-27(25,19-20-17-10-4-5-11-18(17)26-19)14-16-13-23(22-21-16)12-6-9-15-7-2-1-3-8-15/h1-5,7-8,10-11,13H,6,9,12,14H2. The second-order valence-corrected chi connectivity index (χ2v) is 9.46. The van der Waals surface area contributed by atoms with Crippen LogP contribution in [0.5, 0.6) is 0 Å². The zero-order valence-corrected chi connectivity index (χ0v) is 16.2. The molecule has 0 saturated heterocycles. The smallest absolute Gasteiger partial charge is 0.211 e. The van der Waals surface area contributed by atoms with Gasteiger partial charge in [-0.25, -0.2) is 13.4 Å². The molecule has 0 aliphatic carbocycles. The van der Waals surface area contributed by atoms with E-state index in [1.807, 2.05) is 42.5 Å². The summed E-state index contributed by atoms with van der Waals surface area (Å²) in [6.45, 7) is 0.697. The maximum atomic E-state index is 12.7. The Balaban J connectivity index is 1.40. The average molecular weight is 399 g/mol. The number of rotatable bonds is 7. The van der Waals surface area contributed by atoms with Gasteiger partial charge in [-0.2, -0.15) is 0 Å². The number of nitrogens with zero attached hydrogens (tertiary/aromatic N) is 4. The third-order valence-corrected chi connectivity index (χ3v) is 7.30. The number of fused-ring (bicyclic) bond motifs is 1. The zero-order valence-electron chi connectivity index (χ0n) is 14.5. The normalized spacial score (nSPS) is 11.9. The highest BCUT2D eigenvalue weighted by Crippen LogP contribution is 2.27. The predicted octanol–water partition coefficient (Wildman–Crippen LogP) is 3.49. The van der Waals surface area contributed by atoms with Gasteiger partial charge in [-0.05, 0) is 30.5 Å². The monoisotopic (exact) mass is 398 g/mol. The maximum Gasteiger partial charge on any atom is 0.211 e. The van der Waals surface area contributed by atoms with Crippen molar-refractivity contribution >= 4 is 31.4 Å². The predicted molar refractivity (Wildman–Crippen MR) is 105 cm³/mol. The van der Waals surface area contributed by atoms with Crippen LogP contribution in [0.25, 0.3) is 10.2 Å². The van der Waals surface area contributed by atoms with E-state index in [4.69, 9.17) is 0 Å². The third-order valence-electron chi connectivity index (χ3n) is 4.16. The molecule has 0 N–H and O–H groups in total. The van der Waals surface area contributed by atoms with Gasteiger partial charge in [-0.15, -0.1) is 16.4 Å². The van der Waals surface area contributed by atoms with Crippen LogP contribution in [0.4, 0.5) is 0 Å². The summed E-state index contributed by atoms with van der Waals surface area (Å²) in [6.07, 6.45) is 3.56. The number of thiazole rings is 1. The van der Waals surface area contributed by atoms with E-state index >= 15 is 0 Å². The highest BCUT2D eigenvalue weighted by Gasteiger charge is 2.22. The molecular weight excluding hydrogens is 380 g/mol. The Morgan fingerprint density at radius 1 is 1.00 bits per heavy atom. The number of aromatic nitrogens is 4. The summed E-state index contributed by atoms with van der Waals surface area (Å²) in [7, 11) is -3.53. The van der Waals surface area contributed by atoms with Crippen molar-refractivity contribution in [2.24, 2.45) is 0 Å². The minimum absolute atomic E-state index is 0.127. The number of benzene rings is 2. The zero-order chi connectivity index (χ0) is 18.7. The molecule has 0 amide bonds. The first-order chi connectivity index (χ1) is 13.1. The minimum Gasteiger partial charge on any atom is -0.252 e. The summed E-state index contributed by atoms with van der Waals surface area (Å²) in [4.78, 5) is 4.25. The Kier molecular flexibility index (Phi) is 5.00. The SMILES string of the molecule is O=S(=O)(Cc1cn(CCCc2ccccc2)nn1)c1nc2ccccc2s1. The highest BCUT2D eigenvalue weighted by molar-refractivity contribution is 7.92. The first-order valence-electron chi connectivity index (χ1n) is 8.61. The molecule has 0 unspecified atom stereocenters. The number of aryl methyl sites for hydroxylation is 2. The van der Waals surface area contributed by atoms with Gasteiger partial charge in [0, 0.05) is 12.7 Å². The van der Waals surface area contributed by atoms with Crippen LogP contribution in [0.1, 0.15) is 17.7 Å². The minimum atomic E-state index is -3.53. The summed E-state index contributed by atoms with van der Waals surface area (Å²) in [5.41, 5.74) is 2.41. The second-order valence-electron chi connectivity index (χ2n) is 6.27. The van der Waals surface area contributed by atoms with E-state index in [2.05, 4.69) is 27.4 Å². The van der Waals surface area contributed by atoms with Crippen molar-refractivity contribution in [1.29, 1.82) is 0 Å². The van der Waals surface area contributed by atoms with Gasteiger partial charge in [0.1, 0.15) is 5.75 Å². The van der Waals surface area contributed by atoms with Crippen LogP contribution in [0.3, 0.4) is 0 Å². The lowest BCUT2D eigenvalue weighted by Gasteiger charge is -2.01. The van der Waals surface area contributed by atoms with Crippen LogP contribution in [0.15, 0.2) is 65.1 Å². The first-order valence-corrected chi connectivity index (χ1v) is 11.1. The molecule has 4 aromatic rings. The molecule has 0 bridgehead atoms.